The van der Waals surface area contributed by atoms with E-state index in [-0.39, 0.29) is 18.2 Å². The molecular formula is C19H25N3O2S2. The fraction of sp³-hybridized carbons (Fsp3) is 0.526. The van der Waals surface area contributed by atoms with Gasteiger partial charge in [0.25, 0.3) is 5.91 Å². The molecule has 2 N–H and O–H groups in total. The Hall–Kier alpha value is -1.73. The van der Waals surface area contributed by atoms with Crippen LogP contribution in [0, 0.1) is 0 Å². The van der Waals surface area contributed by atoms with Crippen LogP contribution in [0.15, 0.2) is 11.4 Å². The Morgan fingerprint density at radius 1 is 1.15 bits per heavy atom. The quantitative estimate of drug-likeness (QED) is 0.774. The summed E-state index contributed by atoms with van der Waals surface area (Å²) in [6.45, 7) is 4.15. The predicted molar refractivity (Wildman–Crippen MR) is 106 cm³/mol. The van der Waals surface area contributed by atoms with Gasteiger partial charge in [-0.25, -0.2) is 4.98 Å². The van der Waals surface area contributed by atoms with Crippen LogP contribution in [0.1, 0.15) is 76.3 Å². The summed E-state index contributed by atoms with van der Waals surface area (Å²) < 4.78 is 0. The third-order valence-electron chi connectivity index (χ3n) is 4.44. The van der Waals surface area contributed by atoms with Crippen molar-refractivity contribution in [2.75, 3.05) is 0 Å². The fourth-order valence-corrected chi connectivity index (χ4v) is 5.01. The van der Waals surface area contributed by atoms with Gasteiger partial charge in [0.2, 0.25) is 5.91 Å². The molecule has 0 aliphatic heterocycles. The first kappa shape index (κ1) is 19.0. The van der Waals surface area contributed by atoms with Crippen LogP contribution in [0.5, 0.6) is 0 Å². The molecule has 2 aromatic rings. The number of carbonyl (C=O) groups is 2. The highest BCUT2D eigenvalue weighted by Crippen LogP contribution is 2.28. The number of aryl methyl sites for hydroxylation is 2. The molecule has 2 aromatic heterocycles. The molecule has 3 rings (SSSR count). The Bertz CT molecular complexity index is 754. The Labute approximate surface area is 162 Å². The van der Waals surface area contributed by atoms with Crippen LogP contribution in [-0.4, -0.2) is 16.8 Å². The summed E-state index contributed by atoms with van der Waals surface area (Å²) >= 11 is 3.12. The van der Waals surface area contributed by atoms with Gasteiger partial charge in [0, 0.05) is 16.2 Å². The Morgan fingerprint density at radius 3 is 2.65 bits per heavy atom. The molecule has 0 aromatic carbocycles. The van der Waals surface area contributed by atoms with Gasteiger partial charge in [0.15, 0.2) is 0 Å². The second-order valence-electron chi connectivity index (χ2n) is 6.98. The van der Waals surface area contributed by atoms with Crippen LogP contribution < -0.4 is 10.9 Å². The summed E-state index contributed by atoms with van der Waals surface area (Å²) in [6, 6.07) is 1.99. The third-order valence-corrected chi connectivity index (χ3v) is 6.87. The molecule has 0 spiro atoms. The molecule has 2 amide bonds. The maximum atomic E-state index is 12.4. The highest BCUT2D eigenvalue weighted by atomic mass is 32.1. The van der Waals surface area contributed by atoms with Gasteiger partial charge in [-0.2, -0.15) is 0 Å². The molecule has 2 heterocycles. The van der Waals surface area contributed by atoms with Crippen LogP contribution in [0.2, 0.25) is 0 Å². The molecule has 1 aliphatic carbocycles. The minimum Gasteiger partial charge on any atom is -0.273 e. The molecule has 5 nitrogen and oxygen atoms in total. The maximum absolute atomic E-state index is 12.4. The molecule has 0 unspecified atom stereocenters. The summed E-state index contributed by atoms with van der Waals surface area (Å²) in [6.07, 6.45) is 7.19. The number of rotatable bonds is 4. The van der Waals surface area contributed by atoms with Crippen molar-refractivity contribution >= 4 is 34.5 Å². The molecule has 0 saturated heterocycles. The van der Waals surface area contributed by atoms with E-state index in [1.807, 2.05) is 11.4 Å². The van der Waals surface area contributed by atoms with Crippen molar-refractivity contribution in [3.63, 3.8) is 0 Å². The first-order chi connectivity index (χ1) is 12.5. The number of hydrazine groups is 1. The summed E-state index contributed by atoms with van der Waals surface area (Å²) in [5.41, 5.74) is 7.08. The van der Waals surface area contributed by atoms with Gasteiger partial charge in [-0.15, -0.1) is 22.7 Å². The highest BCUT2D eigenvalue weighted by molar-refractivity contribution is 7.14. The lowest BCUT2D eigenvalue weighted by molar-refractivity contribution is -0.121. The van der Waals surface area contributed by atoms with E-state index in [0.29, 0.717) is 10.8 Å². The zero-order chi connectivity index (χ0) is 18.5. The maximum Gasteiger partial charge on any atom is 0.279 e. The number of amides is 2. The van der Waals surface area contributed by atoms with E-state index in [0.717, 1.165) is 23.5 Å². The van der Waals surface area contributed by atoms with Gasteiger partial charge >= 0.3 is 0 Å². The zero-order valence-corrected chi connectivity index (χ0v) is 16.9. The van der Waals surface area contributed by atoms with Gasteiger partial charge in [0.05, 0.1) is 22.0 Å². The standard InChI is InChI=1S/C19H25N3O2S2/c1-12(2)19-20-14(11-25-19)10-17(23)21-22-18(24)16-9-13-7-5-3-4-6-8-15(13)26-16/h9,11-12H,3-8,10H2,1-2H3,(H,21,23)(H,22,24). The first-order valence-electron chi connectivity index (χ1n) is 9.18. The summed E-state index contributed by atoms with van der Waals surface area (Å²) in [5.74, 6) is -0.139. The lowest BCUT2D eigenvalue weighted by atomic mass is 10.00. The molecule has 26 heavy (non-hydrogen) atoms. The lowest BCUT2D eigenvalue weighted by Crippen LogP contribution is -2.42. The topological polar surface area (TPSA) is 71.1 Å². The molecular weight excluding hydrogens is 366 g/mol. The Balaban J connectivity index is 1.53. The monoisotopic (exact) mass is 391 g/mol. The number of hydrogen-bond acceptors (Lipinski definition) is 5. The number of fused-ring (bicyclic) bond motifs is 1. The average Bonchev–Trinajstić information content (AvgIpc) is 3.20. The van der Waals surface area contributed by atoms with Gasteiger partial charge in [-0.3, -0.25) is 20.4 Å². The molecule has 0 radical (unpaired) electrons. The number of nitrogens with one attached hydrogen (secondary N) is 2. The Morgan fingerprint density at radius 2 is 1.92 bits per heavy atom. The van der Waals surface area contributed by atoms with Crippen LogP contribution in [0.3, 0.4) is 0 Å². The van der Waals surface area contributed by atoms with Crippen molar-refractivity contribution < 1.29 is 9.59 Å². The summed E-state index contributed by atoms with van der Waals surface area (Å²) in [7, 11) is 0. The SMILES string of the molecule is CC(C)c1nc(CC(=O)NNC(=O)c2cc3c(s2)CCCCCC3)cs1. The second-order valence-corrected chi connectivity index (χ2v) is 9.01. The molecule has 7 heteroatoms. The minimum atomic E-state index is -0.256. The van der Waals surface area contributed by atoms with Crippen LogP contribution in [0.4, 0.5) is 0 Å². The van der Waals surface area contributed by atoms with Crippen LogP contribution in [0.25, 0.3) is 0 Å². The number of carbonyl (C=O) groups excluding carboxylic acids is 2. The van der Waals surface area contributed by atoms with Gasteiger partial charge in [-0.05, 0) is 37.3 Å². The van der Waals surface area contributed by atoms with E-state index >= 15 is 0 Å². The van der Waals surface area contributed by atoms with Crippen LogP contribution >= 0.6 is 22.7 Å². The smallest absolute Gasteiger partial charge is 0.273 e. The molecule has 1 aliphatic rings. The summed E-state index contributed by atoms with van der Waals surface area (Å²) in [4.78, 5) is 30.9. The fourth-order valence-electron chi connectivity index (χ4n) is 3.02. The average molecular weight is 392 g/mol. The molecule has 0 atom stereocenters. The predicted octanol–water partition coefficient (Wildman–Crippen LogP) is 3.99. The lowest BCUT2D eigenvalue weighted by Gasteiger charge is -2.07. The normalized spacial score (nSPS) is 14.4. The number of nitrogens with zero attached hydrogens (tertiary/aromatic N) is 1. The number of thiophene rings is 1. The van der Waals surface area contributed by atoms with E-state index in [9.17, 15) is 9.59 Å². The minimum absolute atomic E-state index is 0.171. The van der Waals surface area contributed by atoms with E-state index in [1.165, 1.54) is 36.1 Å². The molecule has 140 valence electrons. The number of hydrogen-bond donors (Lipinski definition) is 2. The number of thiazole rings is 1. The van der Waals surface area contributed by atoms with E-state index in [2.05, 4.69) is 29.7 Å². The third kappa shape index (κ3) is 4.92. The largest absolute Gasteiger partial charge is 0.279 e. The molecule has 0 fully saturated rings. The van der Waals surface area contributed by atoms with Gasteiger partial charge in [0.1, 0.15) is 0 Å². The van der Waals surface area contributed by atoms with Gasteiger partial charge < -0.3 is 0 Å². The van der Waals surface area contributed by atoms with Crippen molar-refractivity contribution in [3.8, 4) is 0 Å². The Kier molecular flexibility index (Phi) is 6.43. The van der Waals surface area contributed by atoms with Crippen molar-refractivity contribution in [1.29, 1.82) is 0 Å². The first-order valence-corrected chi connectivity index (χ1v) is 10.9. The van der Waals surface area contributed by atoms with Crippen molar-refractivity contribution in [1.82, 2.24) is 15.8 Å². The zero-order valence-electron chi connectivity index (χ0n) is 15.3. The second kappa shape index (κ2) is 8.77. The van der Waals surface area contributed by atoms with Crippen LogP contribution in [-0.2, 0) is 24.1 Å². The van der Waals surface area contributed by atoms with Crippen molar-refractivity contribution in [2.45, 2.75) is 64.7 Å². The molecule has 0 bridgehead atoms. The van der Waals surface area contributed by atoms with Gasteiger partial charge in [-0.1, -0.05) is 26.7 Å². The van der Waals surface area contributed by atoms with E-state index in [1.54, 1.807) is 22.7 Å². The van der Waals surface area contributed by atoms with E-state index in [4.69, 9.17) is 0 Å². The highest BCUT2D eigenvalue weighted by Gasteiger charge is 2.17. The molecule has 0 saturated carbocycles. The number of aromatic nitrogens is 1. The van der Waals surface area contributed by atoms with Crippen molar-refractivity contribution in [2.24, 2.45) is 0 Å². The summed E-state index contributed by atoms with van der Waals surface area (Å²) in [5, 5.41) is 2.92. The van der Waals surface area contributed by atoms with Crippen molar-refractivity contribution in [3.05, 3.63) is 37.5 Å². The van der Waals surface area contributed by atoms with E-state index < -0.39 is 0 Å².